The molecule has 0 fully saturated rings. The average molecular weight is 336 g/mol. The predicted molar refractivity (Wildman–Crippen MR) is 100 cm³/mol. The van der Waals surface area contributed by atoms with E-state index in [1.807, 2.05) is 42.6 Å². The number of aryl methyl sites for hydroxylation is 1. The van der Waals surface area contributed by atoms with E-state index in [9.17, 15) is 4.79 Å². The van der Waals surface area contributed by atoms with Crippen molar-refractivity contribution in [2.45, 2.75) is 31.7 Å². The van der Waals surface area contributed by atoms with Crippen molar-refractivity contribution < 1.29 is 9.90 Å². The van der Waals surface area contributed by atoms with Crippen LogP contribution >= 0.6 is 0 Å². The lowest BCUT2D eigenvalue weighted by atomic mass is 10.0. The minimum Gasteiger partial charge on any atom is -0.396 e. The average Bonchev–Trinajstić information content (AvgIpc) is 3.12. The molecule has 0 saturated carbocycles. The third kappa shape index (κ3) is 4.70. The van der Waals surface area contributed by atoms with Crippen LogP contribution < -0.4 is 5.32 Å². The number of amides is 1. The molecule has 1 unspecified atom stereocenters. The number of carbonyl (C=O) groups excluding carboxylic acids is 1. The monoisotopic (exact) mass is 336 g/mol. The summed E-state index contributed by atoms with van der Waals surface area (Å²) in [4.78, 5) is 15.6. The Kier molecular flexibility index (Phi) is 5.86. The largest absolute Gasteiger partial charge is 0.396 e. The standard InChI is InChI=1S/C21H24N2O2/c24-14-4-7-20(17-5-2-1-3-6-17)23-21(25)11-9-16-8-10-19-18(15-16)12-13-22-19/h1-3,5-6,8,10,12-13,15,20,22,24H,4,7,9,11,14H2,(H,23,25). The molecule has 0 bridgehead atoms. The Morgan fingerprint density at radius 1 is 1.12 bits per heavy atom. The number of aromatic nitrogens is 1. The van der Waals surface area contributed by atoms with Gasteiger partial charge in [0.2, 0.25) is 5.91 Å². The number of aliphatic hydroxyl groups excluding tert-OH is 1. The first-order valence-electron chi connectivity index (χ1n) is 8.77. The first-order valence-corrected chi connectivity index (χ1v) is 8.77. The van der Waals surface area contributed by atoms with Gasteiger partial charge in [-0.25, -0.2) is 0 Å². The summed E-state index contributed by atoms with van der Waals surface area (Å²) in [6.07, 6.45) is 4.51. The fourth-order valence-electron chi connectivity index (χ4n) is 3.09. The van der Waals surface area contributed by atoms with E-state index in [1.165, 1.54) is 5.39 Å². The molecule has 1 aromatic heterocycles. The maximum absolute atomic E-state index is 12.4. The van der Waals surface area contributed by atoms with Gasteiger partial charge in [-0.05, 0) is 54.0 Å². The van der Waals surface area contributed by atoms with Gasteiger partial charge in [0.05, 0.1) is 6.04 Å². The molecule has 25 heavy (non-hydrogen) atoms. The van der Waals surface area contributed by atoms with Gasteiger partial charge in [0.15, 0.2) is 0 Å². The maximum atomic E-state index is 12.4. The molecule has 0 spiro atoms. The summed E-state index contributed by atoms with van der Waals surface area (Å²) in [5, 5.41) is 13.4. The van der Waals surface area contributed by atoms with Crippen LogP contribution in [0.3, 0.4) is 0 Å². The van der Waals surface area contributed by atoms with E-state index in [-0.39, 0.29) is 18.6 Å². The van der Waals surface area contributed by atoms with Crippen molar-refractivity contribution in [3.8, 4) is 0 Å². The van der Waals surface area contributed by atoms with Crippen molar-refractivity contribution in [2.24, 2.45) is 0 Å². The van der Waals surface area contributed by atoms with Gasteiger partial charge in [-0.1, -0.05) is 36.4 Å². The lowest BCUT2D eigenvalue weighted by Gasteiger charge is -2.19. The lowest BCUT2D eigenvalue weighted by molar-refractivity contribution is -0.121. The normalized spacial score (nSPS) is 12.2. The van der Waals surface area contributed by atoms with Crippen molar-refractivity contribution in [1.29, 1.82) is 0 Å². The second kappa shape index (κ2) is 8.49. The van der Waals surface area contributed by atoms with Crippen LogP contribution in [0, 0.1) is 0 Å². The molecule has 3 aromatic rings. The Morgan fingerprint density at radius 3 is 2.76 bits per heavy atom. The van der Waals surface area contributed by atoms with Crippen LogP contribution in [0.25, 0.3) is 10.9 Å². The number of aromatic amines is 1. The number of aliphatic hydroxyl groups is 1. The minimum absolute atomic E-state index is 0.0426. The van der Waals surface area contributed by atoms with Gasteiger partial charge in [-0.15, -0.1) is 0 Å². The Labute approximate surface area is 147 Å². The summed E-state index contributed by atoms with van der Waals surface area (Å²) in [5.74, 6) is 0.0426. The Hall–Kier alpha value is -2.59. The second-order valence-corrected chi connectivity index (χ2v) is 6.30. The number of hydrogen-bond donors (Lipinski definition) is 3. The molecule has 1 amide bonds. The number of benzene rings is 2. The second-order valence-electron chi connectivity index (χ2n) is 6.30. The molecule has 0 aliphatic carbocycles. The van der Waals surface area contributed by atoms with Gasteiger partial charge in [-0.3, -0.25) is 4.79 Å². The summed E-state index contributed by atoms with van der Waals surface area (Å²) in [7, 11) is 0. The molecule has 4 heteroatoms. The molecule has 0 radical (unpaired) electrons. The molecule has 2 aromatic carbocycles. The first kappa shape index (κ1) is 17.2. The molecule has 130 valence electrons. The van der Waals surface area contributed by atoms with E-state index >= 15 is 0 Å². The third-order valence-electron chi connectivity index (χ3n) is 4.45. The van der Waals surface area contributed by atoms with Crippen LogP contribution in [0.5, 0.6) is 0 Å². The quantitative estimate of drug-likeness (QED) is 0.587. The Morgan fingerprint density at radius 2 is 1.96 bits per heavy atom. The number of fused-ring (bicyclic) bond motifs is 1. The molecule has 0 saturated heterocycles. The summed E-state index contributed by atoms with van der Waals surface area (Å²) < 4.78 is 0. The lowest BCUT2D eigenvalue weighted by Crippen LogP contribution is -2.29. The zero-order chi connectivity index (χ0) is 17.5. The van der Waals surface area contributed by atoms with Crippen LogP contribution in [0.15, 0.2) is 60.8 Å². The van der Waals surface area contributed by atoms with Crippen LogP contribution in [0.2, 0.25) is 0 Å². The highest BCUT2D eigenvalue weighted by Crippen LogP contribution is 2.19. The number of rotatable bonds is 8. The van der Waals surface area contributed by atoms with Gasteiger partial charge >= 0.3 is 0 Å². The smallest absolute Gasteiger partial charge is 0.220 e. The maximum Gasteiger partial charge on any atom is 0.220 e. The molecule has 0 aliphatic rings. The van der Waals surface area contributed by atoms with Crippen molar-refractivity contribution in [2.75, 3.05) is 6.61 Å². The fraction of sp³-hybridized carbons (Fsp3) is 0.286. The van der Waals surface area contributed by atoms with E-state index in [0.29, 0.717) is 19.3 Å². The molecule has 1 heterocycles. The highest BCUT2D eigenvalue weighted by Gasteiger charge is 2.14. The van der Waals surface area contributed by atoms with Crippen LogP contribution in [-0.4, -0.2) is 22.6 Å². The molecule has 3 N–H and O–H groups in total. The molecule has 3 rings (SSSR count). The van der Waals surface area contributed by atoms with Gasteiger partial charge in [0.1, 0.15) is 0 Å². The first-order chi connectivity index (χ1) is 12.3. The zero-order valence-corrected chi connectivity index (χ0v) is 14.2. The third-order valence-corrected chi connectivity index (χ3v) is 4.45. The minimum atomic E-state index is -0.0481. The van der Waals surface area contributed by atoms with Crippen molar-refractivity contribution in [3.63, 3.8) is 0 Å². The predicted octanol–water partition coefficient (Wildman–Crippen LogP) is 3.73. The highest BCUT2D eigenvalue weighted by atomic mass is 16.3. The van der Waals surface area contributed by atoms with E-state index in [2.05, 4.69) is 28.5 Å². The Balaban J connectivity index is 1.59. The fourth-order valence-corrected chi connectivity index (χ4v) is 3.09. The van der Waals surface area contributed by atoms with E-state index in [1.54, 1.807) is 0 Å². The van der Waals surface area contributed by atoms with Crippen LogP contribution in [-0.2, 0) is 11.2 Å². The van der Waals surface area contributed by atoms with E-state index in [4.69, 9.17) is 5.11 Å². The molecule has 0 aliphatic heterocycles. The summed E-state index contributed by atoms with van der Waals surface area (Å²) in [5.41, 5.74) is 3.35. The van der Waals surface area contributed by atoms with E-state index < -0.39 is 0 Å². The summed E-state index contributed by atoms with van der Waals surface area (Å²) >= 11 is 0. The van der Waals surface area contributed by atoms with E-state index in [0.717, 1.165) is 23.1 Å². The van der Waals surface area contributed by atoms with Gasteiger partial charge < -0.3 is 15.4 Å². The zero-order valence-electron chi connectivity index (χ0n) is 14.2. The van der Waals surface area contributed by atoms with Gasteiger partial charge in [0, 0.05) is 24.7 Å². The van der Waals surface area contributed by atoms with Gasteiger partial charge in [-0.2, -0.15) is 0 Å². The summed E-state index contributed by atoms with van der Waals surface area (Å²) in [6.45, 7) is 0.135. The van der Waals surface area contributed by atoms with Crippen LogP contribution in [0.1, 0.15) is 36.4 Å². The number of H-pyrrole nitrogens is 1. The number of nitrogens with one attached hydrogen (secondary N) is 2. The topological polar surface area (TPSA) is 65.1 Å². The van der Waals surface area contributed by atoms with Crippen molar-refractivity contribution >= 4 is 16.8 Å². The molecule has 4 nitrogen and oxygen atoms in total. The van der Waals surface area contributed by atoms with Crippen LogP contribution in [0.4, 0.5) is 0 Å². The number of hydrogen-bond acceptors (Lipinski definition) is 2. The highest BCUT2D eigenvalue weighted by molar-refractivity contribution is 5.80. The SMILES string of the molecule is O=C(CCc1ccc2[nH]ccc2c1)NC(CCCO)c1ccccc1. The van der Waals surface area contributed by atoms with Gasteiger partial charge in [0.25, 0.3) is 0 Å². The summed E-state index contributed by atoms with van der Waals surface area (Å²) in [6, 6.07) is 18.2. The number of carbonyl (C=O) groups is 1. The molecular weight excluding hydrogens is 312 g/mol. The van der Waals surface area contributed by atoms with Crippen molar-refractivity contribution in [3.05, 3.63) is 71.9 Å². The Bertz CT molecular complexity index is 811. The molecule has 1 atom stereocenters. The molecular formula is C21H24N2O2. The van der Waals surface area contributed by atoms with Crippen molar-refractivity contribution in [1.82, 2.24) is 10.3 Å².